The van der Waals surface area contributed by atoms with Crippen LogP contribution in [0.2, 0.25) is 0 Å². The van der Waals surface area contributed by atoms with Crippen LogP contribution in [0.3, 0.4) is 0 Å². The van der Waals surface area contributed by atoms with E-state index in [0.717, 1.165) is 17.4 Å². The second-order valence-corrected chi connectivity index (χ2v) is 6.82. The average molecular weight is 289 g/mol. The van der Waals surface area contributed by atoms with E-state index in [1.165, 1.54) is 37.8 Å². The molecule has 2 nitrogen and oxygen atoms in total. The van der Waals surface area contributed by atoms with Gasteiger partial charge in [-0.1, -0.05) is 18.6 Å². The van der Waals surface area contributed by atoms with E-state index in [1.807, 2.05) is 0 Å². The lowest BCUT2D eigenvalue weighted by Gasteiger charge is -2.28. The quantitative estimate of drug-likeness (QED) is 0.880. The van der Waals surface area contributed by atoms with E-state index in [1.54, 1.807) is 12.1 Å². The number of hydrogen-bond acceptors (Lipinski definition) is 1. The third kappa shape index (κ3) is 3.45. The van der Waals surface area contributed by atoms with Gasteiger partial charge >= 0.3 is 0 Å². The molecule has 0 radical (unpaired) electrons. The number of amides is 1. The summed E-state index contributed by atoms with van der Waals surface area (Å²) in [5, 5.41) is 3.18. The van der Waals surface area contributed by atoms with Crippen molar-refractivity contribution < 1.29 is 9.18 Å². The molecular weight excluding hydrogens is 265 g/mol. The first kappa shape index (κ1) is 14.6. The topological polar surface area (TPSA) is 29.1 Å². The molecule has 1 amide bonds. The molecule has 2 bridgehead atoms. The average Bonchev–Trinajstić information content (AvgIpc) is 3.09. The van der Waals surface area contributed by atoms with E-state index in [9.17, 15) is 9.18 Å². The predicted molar refractivity (Wildman–Crippen MR) is 81.3 cm³/mol. The fourth-order valence-electron chi connectivity index (χ4n) is 4.25. The van der Waals surface area contributed by atoms with Crippen LogP contribution in [0.15, 0.2) is 24.3 Å². The molecule has 3 heteroatoms. The number of carbonyl (C=O) groups excluding carboxylic acids is 1. The molecule has 2 saturated carbocycles. The van der Waals surface area contributed by atoms with Gasteiger partial charge < -0.3 is 5.32 Å². The summed E-state index contributed by atoms with van der Waals surface area (Å²) < 4.78 is 12.8. The minimum Gasteiger partial charge on any atom is -0.353 e. The van der Waals surface area contributed by atoms with E-state index in [0.29, 0.717) is 24.8 Å². The maximum atomic E-state index is 12.8. The van der Waals surface area contributed by atoms with Crippen molar-refractivity contribution in [3.05, 3.63) is 35.6 Å². The van der Waals surface area contributed by atoms with Crippen molar-refractivity contribution in [2.75, 3.05) is 0 Å². The minimum absolute atomic E-state index is 0.120. The minimum atomic E-state index is -0.229. The van der Waals surface area contributed by atoms with Gasteiger partial charge in [0.1, 0.15) is 5.82 Å². The van der Waals surface area contributed by atoms with Crippen LogP contribution >= 0.6 is 0 Å². The highest BCUT2D eigenvalue weighted by atomic mass is 19.1. The van der Waals surface area contributed by atoms with Crippen molar-refractivity contribution in [1.82, 2.24) is 5.32 Å². The second-order valence-electron chi connectivity index (χ2n) is 6.82. The van der Waals surface area contributed by atoms with Crippen LogP contribution in [0, 0.1) is 23.6 Å². The molecule has 2 aliphatic rings. The molecule has 0 heterocycles. The molecule has 3 rings (SSSR count). The van der Waals surface area contributed by atoms with Crippen LogP contribution in [0.4, 0.5) is 4.39 Å². The Balaban J connectivity index is 1.44. The Kier molecular flexibility index (Phi) is 4.27. The van der Waals surface area contributed by atoms with Crippen LogP contribution in [0.1, 0.15) is 44.6 Å². The van der Waals surface area contributed by atoms with Gasteiger partial charge in [-0.15, -0.1) is 0 Å². The van der Waals surface area contributed by atoms with Gasteiger partial charge in [0.25, 0.3) is 0 Å². The smallest absolute Gasteiger partial charge is 0.220 e. The van der Waals surface area contributed by atoms with Gasteiger partial charge in [0.15, 0.2) is 0 Å². The van der Waals surface area contributed by atoms with E-state index < -0.39 is 0 Å². The van der Waals surface area contributed by atoms with Crippen molar-refractivity contribution in [2.45, 2.75) is 51.5 Å². The molecule has 0 aromatic heterocycles. The van der Waals surface area contributed by atoms with Gasteiger partial charge in [-0.3, -0.25) is 4.79 Å². The zero-order valence-electron chi connectivity index (χ0n) is 12.6. The number of hydrogen-bond donors (Lipinski definition) is 1. The highest BCUT2D eigenvalue weighted by Gasteiger charge is 2.41. The van der Waals surface area contributed by atoms with Gasteiger partial charge in [0.05, 0.1) is 0 Å². The molecule has 4 atom stereocenters. The summed E-state index contributed by atoms with van der Waals surface area (Å²) in [6.45, 7) is 2.15. The molecule has 1 aromatic carbocycles. The first-order chi connectivity index (χ1) is 10.1. The van der Waals surface area contributed by atoms with Gasteiger partial charge in [0.2, 0.25) is 5.91 Å². The number of benzene rings is 1. The standard InChI is InChI=1S/C18H24FNO/c1-12(17-11-14-2-6-15(17)10-14)20-18(21)9-5-13-3-7-16(19)8-4-13/h3-4,7-8,12,14-15,17H,2,5-6,9-11H2,1H3,(H,20,21). The largest absolute Gasteiger partial charge is 0.353 e. The molecule has 4 unspecified atom stereocenters. The summed E-state index contributed by atoms with van der Waals surface area (Å²) in [6.07, 6.45) is 6.58. The van der Waals surface area contributed by atoms with Crippen molar-refractivity contribution in [1.29, 1.82) is 0 Å². The maximum Gasteiger partial charge on any atom is 0.220 e. The Morgan fingerprint density at radius 2 is 2.05 bits per heavy atom. The van der Waals surface area contributed by atoms with E-state index in [-0.39, 0.29) is 11.7 Å². The molecule has 2 aliphatic carbocycles. The molecule has 114 valence electrons. The SMILES string of the molecule is CC(NC(=O)CCc1ccc(F)cc1)C1CC2CCC1C2. The lowest BCUT2D eigenvalue weighted by atomic mass is 9.84. The summed E-state index contributed by atoms with van der Waals surface area (Å²) in [5.41, 5.74) is 1.01. The monoisotopic (exact) mass is 289 g/mol. The van der Waals surface area contributed by atoms with Crippen molar-refractivity contribution >= 4 is 5.91 Å². The Labute approximate surface area is 126 Å². The Morgan fingerprint density at radius 1 is 1.29 bits per heavy atom. The molecule has 2 fully saturated rings. The summed E-state index contributed by atoms with van der Waals surface area (Å²) in [7, 11) is 0. The molecular formula is C18H24FNO. The van der Waals surface area contributed by atoms with Crippen LogP contribution in [0.5, 0.6) is 0 Å². The molecule has 1 N–H and O–H groups in total. The highest BCUT2D eigenvalue weighted by molar-refractivity contribution is 5.76. The summed E-state index contributed by atoms with van der Waals surface area (Å²) in [4.78, 5) is 12.1. The van der Waals surface area contributed by atoms with E-state index in [2.05, 4.69) is 12.2 Å². The molecule has 1 aromatic rings. The van der Waals surface area contributed by atoms with Crippen LogP contribution in [-0.2, 0) is 11.2 Å². The van der Waals surface area contributed by atoms with Crippen LogP contribution in [0.25, 0.3) is 0 Å². The lowest BCUT2D eigenvalue weighted by molar-refractivity contribution is -0.122. The molecule has 0 saturated heterocycles. The Bertz CT molecular complexity index is 498. The summed E-state index contributed by atoms with van der Waals surface area (Å²) in [6, 6.07) is 6.70. The Hall–Kier alpha value is -1.38. The van der Waals surface area contributed by atoms with Gasteiger partial charge in [0, 0.05) is 12.5 Å². The summed E-state index contributed by atoms with van der Waals surface area (Å²) in [5.74, 6) is 2.32. The first-order valence-electron chi connectivity index (χ1n) is 8.15. The van der Waals surface area contributed by atoms with Gasteiger partial charge in [-0.2, -0.15) is 0 Å². The zero-order valence-corrected chi connectivity index (χ0v) is 12.6. The zero-order chi connectivity index (χ0) is 14.8. The number of halogens is 1. The highest BCUT2D eigenvalue weighted by Crippen LogP contribution is 2.49. The number of nitrogens with one attached hydrogen (secondary N) is 1. The molecule has 0 aliphatic heterocycles. The van der Waals surface area contributed by atoms with Crippen molar-refractivity contribution in [3.8, 4) is 0 Å². The predicted octanol–water partition coefficient (Wildman–Crippen LogP) is 3.70. The molecule has 0 spiro atoms. The summed E-state index contributed by atoms with van der Waals surface area (Å²) >= 11 is 0. The van der Waals surface area contributed by atoms with Crippen LogP contribution < -0.4 is 5.32 Å². The van der Waals surface area contributed by atoms with Crippen molar-refractivity contribution in [2.24, 2.45) is 17.8 Å². The van der Waals surface area contributed by atoms with Gasteiger partial charge in [-0.05, 0) is 68.1 Å². The van der Waals surface area contributed by atoms with Gasteiger partial charge in [-0.25, -0.2) is 4.39 Å². The second kappa shape index (κ2) is 6.17. The number of aryl methyl sites for hydroxylation is 1. The van der Waals surface area contributed by atoms with Crippen molar-refractivity contribution in [3.63, 3.8) is 0 Å². The number of fused-ring (bicyclic) bond motifs is 2. The van der Waals surface area contributed by atoms with E-state index >= 15 is 0 Å². The lowest BCUT2D eigenvalue weighted by Crippen LogP contribution is -2.40. The molecule has 21 heavy (non-hydrogen) atoms. The third-order valence-electron chi connectivity index (χ3n) is 5.38. The fraction of sp³-hybridized carbons (Fsp3) is 0.611. The van der Waals surface area contributed by atoms with Crippen LogP contribution in [-0.4, -0.2) is 11.9 Å². The number of rotatable bonds is 5. The Morgan fingerprint density at radius 3 is 2.67 bits per heavy atom. The first-order valence-corrected chi connectivity index (χ1v) is 8.15. The fourth-order valence-corrected chi connectivity index (χ4v) is 4.25. The maximum absolute atomic E-state index is 12.8. The van der Waals surface area contributed by atoms with E-state index in [4.69, 9.17) is 0 Å². The number of carbonyl (C=O) groups is 1. The third-order valence-corrected chi connectivity index (χ3v) is 5.38. The normalized spacial score (nSPS) is 28.6.